The predicted octanol–water partition coefficient (Wildman–Crippen LogP) is 4.05. The molecule has 2 aromatic carbocycles. The first kappa shape index (κ1) is 19.3. The number of nitrogens with zero attached hydrogens (tertiary/aromatic N) is 3. The largest absolute Gasteiger partial charge is 0.335 e. The van der Waals surface area contributed by atoms with Crippen LogP contribution in [0.4, 0.5) is 5.69 Å². The van der Waals surface area contributed by atoms with E-state index in [4.69, 9.17) is 17.4 Å². The number of anilines is 1. The van der Waals surface area contributed by atoms with Crippen molar-refractivity contribution in [1.82, 2.24) is 14.9 Å². The molecule has 3 rings (SSSR count). The summed E-state index contributed by atoms with van der Waals surface area (Å²) >= 11 is 7.25. The second-order valence-electron chi connectivity index (χ2n) is 6.25. The third-order valence-electron chi connectivity index (χ3n) is 4.08. The van der Waals surface area contributed by atoms with E-state index < -0.39 is 5.25 Å². The number of hydrogen-bond donors (Lipinski definition) is 2. The minimum Gasteiger partial charge on any atom is -0.335 e. The zero-order valence-electron chi connectivity index (χ0n) is 15.2. The molecule has 0 aliphatic heterocycles. The van der Waals surface area contributed by atoms with Crippen molar-refractivity contribution in [2.24, 2.45) is 0 Å². The number of halogens is 1. The summed E-state index contributed by atoms with van der Waals surface area (Å²) in [6.07, 6.45) is 0. The summed E-state index contributed by atoms with van der Waals surface area (Å²) < 4.78 is 1.41. The maximum absolute atomic E-state index is 12.5. The van der Waals surface area contributed by atoms with Crippen LogP contribution in [0.25, 0.3) is 11.4 Å². The van der Waals surface area contributed by atoms with E-state index in [1.807, 2.05) is 44.2 Å². The van der Waals surface area contributed by atoms with Crippen LogP contribution >= 0.6 is 23.4 Å². The fraction of sp³-hybridized carbons (Fsp3) is 0.211. The number of nitrogens with two attached hydrogens (primary N) is 1. The number of aryl methyl sites for hydroxylation is 2. The molecule has 27 heavy (non-hydrogen) atoms. The quantitative estimate of drug-likeness (QED) is 0.497. The number of aromatic nitrogens is 3. The van der Waals surface area contributed by atoms with Crippen molar-refractivity contribution < 1.29 is 4.79 Å². The molecule has 140 valence electrons. The van der Waals surface area contributed by atoms with Gasteiger partial charge in [-0.05, 0) is 38.5 Å². The number of nitrogens with one attached hydrogen (secondary N) is 1. The Bertz CT molecular complexity index is 971. The first-order valence-electron chi connectivity index (χ1n) is 8.36. The highest BCUT2D eigenvalue weighted by Gasteiger charge is 2.20. The first-order valence-corrected chi connectivity index (χ1v) is 9.62. The molecule has 0 aliphatic rings. The molecule has 8 heteroatoms. The van der Waals surface area contributed by atoms with Crippen LogP contribution in [0.1, 0.15) is 18.1 Å². The Kier molecular flexibility index (Phi) is 5.72. The summed E-state index contributed by atoms with van der Waals surface area (Å²) in [5.74, 6) is 6.53. The van der Waals surface area contributed by atoms with Gasteiger partial charge in [-0.15, -0.1) is 10.2 Å². The zero-order chi connectivity index (χ0) is 19.6. The van der Waals surface area contributed by atoms with Gasteiger partial charge in [0.25, 0.3) is 0 Å². The summed E-state index contributed by atoms with van der Waals surface area (Å²) in [4.78, 5) is 12.5. The first-order chi connectivity index (χ1) is 12.8. The van der Waals surface area contributed by atoms with Gasteiger partial charge in [-0.3, -0.25) is 4.79 Å². The SMILES string of the molecule is Cc1ccc(-c2nnc(SC(C)C(=O)Nc3cc(Cl)ccc3C)n2N)cc1. The second-order valence-corrected chi connectivity index (χ2v) is 8.00. The molecule has 1 unspecified atom stereocenters. The molecule has 0 fully saturated rings. The van der Waals surface area contributed by atoms with E-state index in [-0.39, 0.29) is 5.91 Å². The van der Waals surface area contributed by atoms with Gasteiger partial charge >= 0.3 is 0 Å². The molecule has 1 amide bonds. The third kappa shape index (κ3) is 4.43. The fourth-order valence-electron chi connectivity index (χ4n) is 2.43. The summed E-state index contributed by atoms with van der Waals surface area (Å²) in [5.41, 5.74) is 3.65. The van der Waals surface area contributed by atoms with Crippen molar-refractivity contribution in [3.8, 4) is 11.4 Å². The van der Waals surface area contributed by atoms with E-state index in [0.717, 1.165) is 16.7 Å². The van der Waals surface area contributed by atoms with Crippen LogP contribution in [0, 0.1) is 13.8 Å². The fourth-order valence-corrected chi connectivity index (χ4v) is 3.37. The lowest BCUT2D eigenvalue weighted by molar-refractivity contribution is -0.115. The average molecular weight is 402 g/mol. The van der Waals surface area contributed by atoms with Crippen molar-refractivity contribution >= 4 is 35.0 Å². The minimum absolute atomic E-state index is 0.162. The van der Waals surface area contributed by atoms with Crippen LogP contribution in [0.2, 0.25) is 5.02 Å². The van der Waals surface area contributed by atoms with E-state index in [1.54, 1.807) is 19.1 Å². The standard InChI is InChI=1S/C19H20ClN5OS/c1-11-4-7-14(8-5-11)17-23-24-19(25(17)21)27-13(3)18(26)22-16-10-15(20)9-6-12(16)2/h4-10,13H,21H2,1-3H3,(H,22,26). The predicted molar refractivity (Wildman–Crippen MR) is 110 cm³/mol. The molecular weight excluding hydrogens is 382 g/mol. The van der Waals surface area contributed by atoms with E-state index in [2.05, 4.69) is 15.5 Å². The number of amides is 1. The van der Waals surface area contributed by atoms with Gasteiger partial charge in [-0.1, -0.05) is 59.3 Å². The number of nitrogen functional groups attached to an aromatic ring is 1. The van der Waals surface area contributed by atoms with Crippen LogP contribution in [0.3, 0.4) is 0 Å². The summed E-state index contributed by atoms with van der Waals surface area (Å²) in [6, 6.07) is 13.2. The monoisotopic (exact) mass is 401 g/mol. The van der Waals surface area contributed by atoms with Crippen LogP contribution in [0.5, 0.6) is 0 Å². The number of benzene rings is 2. The summed E-state index contributed by atoms with van der Waals surface area (Å²) in [5, 5.41) is 11.8. The maximum atomic E-state index is 12.5. The van der Waals surface area contributed by atoms with Gasteiger partial charge in [0, 0.05) is 16.3 Å². The lowest BCUT2D eigenvalue weighted by atomic mass is 10.1. The molecule has 3 N–H and O–H groups in total. The normalized spacial score (nSPS) is 12.0. The zero-order valence-corrected chi connectivity index (χ0v) is 16.8. The average Bonchev–Trinajstić information content (AvgIpc) is 2.99. The number of thioether (sulfide) groups is 1. The Morgan fingerprint density at radius 1 is 1.19 bits per heavy atom. The Balaban J connectivity index is 1.72. The molecule has 0 saturated carbocycles. The highest BCUT2D eigenvalue weighted by molar-refractivity contribution is 8.00. The van der Waals surface area contributed by atoms with Crippen molar-refractivity contribution in [1.29, 1.82) is 0 Å². The highest BCUT2D eigenvalue weighted by atomic mass is 35.5. The smallest absolute Gasteiger partial charge is 0.237 e. The molecule has 0 bridgehead atoms. The van der Waals surface area contributed by atoms with Gasteiger partial charge in [-0.2, -0.15) is 0 Å². The second kappa shape index (κ2) is 8.02. The van der Waals surface area contributed by atoms with E-state index in [9.17, 15) is 4.79 Å². The van der Waals surface area contributed by atoms with Crippen LogP contribution in [0.15, 0.2) is 47.6 Å². The van der Waals surface area contributed by atoms with Crippen molar-refractivity contribution in [3.63, 3.8) is 0 Å². The van der Waals surface area contributed by atoms with Gasteiger partial charge in [0.05, 0.1) is 5.25 Å². The van der Waals surface area contributed by atoms with Gasteiger partial charge in [-0.25, -0.2) is 4.68 Å². The molecule has 1 heterocycles. The van der Waals surface area contributed by atoms with E-state index in [1.165, 1.54) is 16.4 Å². The van der Waals surface area contributed by atoms with Crippen LogP contribution in [-0.4, -0.2) is 26.0 Å². The van der Waals surface area contributed by atoms with Gasteiger partial charge in [0.2, 0.25) is 11.1 Å². The lowest BCUT2D eigenvalue weighted by Gasteiger charge is -2.13. The molecule has 0 spiro atoms. The molecule has 3 aromatic rings. The van der Waals surface area contributed by atoms with Crippen molar-refractivity contribution in [3.05, 3.63) is 58.6 Å². The molecule has 0 aliphatic carbocycles. The van der Waals surface area contributed by atoms with Crippen molar-refractivity contribution in [2.45, 2.75) is 31.2 Å². The Hall–Kier alpha value is -2.51. The Labute approximate surface area is 167 Å². The van der Waals surface area contributed by atoms with Gasteiger partial charge in [0.1, 0.15) is 0 Å². The van der Waals surface area contributed by atoms with E-state index in [0.29, 0.717) is 21.7 Å². The molecule has 6 nitrogen and oxygen atoms in total. The maximum Gasteiger partial charge on any atom is 0.237 e. The van der Waals surface area contributed by atoms with Crippen LogP contribution in [-0.2, 0) is 4.79 Å². The highest BCUT2D eigenvalue weighted by Crippen LogP contribution is 2.26. The molecule has 0 saturated heterocycles. The minimum atomic E-state index is -0.416. The molecule has 1 atom stereocenters. The number of rotatable bonds is 5. The van der Waals surface area contributed by atoms with Gasteiger partial charge in [0.15, 0.2) is 5.82 Å². The van der Waals surface area contributed by atoms with Crippen molar-refractivity contribution in [2.75, 3.05) is 11.2 Å². The topological polar surface area (TPSA) is 85.8 Å². The number of carbonyl (C=O) groups is 1. The van der Waals surface area contributed by atoms with E-state index >= 15 is 0 Å². The summed E-state index contributed by atoms with van der Waals surface area (Å²) in [7, 11) is 0. The lowest BCUT2D eigenvalue weighted by Crippen LogP contribution is -2.24. The Morgan fingerprint density at radius 3 is 2.59 bits per heavy atom. The molecule has 1 aromatic heterocycles. The van der Waals surface area contributed by atoms with Gasteiger partial charge < -0.3 is 11.2 Å². The molecule has 0 radical (unpaired) electrons. The third-order valence-corrected chi connectivity index (χ3v) is 5.38. The summed E-state index contributed by atoms with van der Waals surface area (Å²) in [6.45, 7) is 5.72. The van der Waals surface area contributed by atoms with Crippen LogP contribution < -0.4 is 11.2 Å². The number of hydrogen-bond acceptors (Lipinski definition) is 5. The number of carbonyl (C=O) groups excluding carboxylic acids is 1. The Morgan fingerprint density at radius 2 is 1.89 bits per heavy atom. The molecular formula is C19H20ClN5OS.